The number of hydrogen-bond donors (Lipinski definition) is 1. The Morgan fingerprint density at radius 2 is 2.14 bits per heavy atom. The SMILES string of the molecule is O=C(O)CCSc1cc(Cl)ccc1Cl. The Morgan fingerprint density at radius 3 is 2.79 bits per heavy atom. The van der Waals surface area contributed by atoms with Gasteiger partial charge in [-0.2, -0.15) is 0 Å². The number of benzene rings is 1. The summed E-state index contributed by atoms with van der Waals surface area (Å²) in [6.07, 6.45) is 0.119. The Hall–Kier alpha value is -0.380. The highest BCUT2D eigenvalue weighted by Gasteiger charge is 2.03. The third kappa shape index (κ3) is 3.78. The average molecular weight is 251 g/mol. The van der Waals surface area contributed by atoms with Crippen molar-refractivity contribution in [2.45, 2.75) is 11.3 Å². The van der Waals surface area contributed by atoms with E-state index in [1.54, 1.807) is 18.2 Å². The molecule has 0 radical (unpaired) electrons. The van der Waals surface area contributed by atoms with Crippen LogP contribution in [0.4, 0.5) is 0 Å². The topological polar surface area (TPSA) is 37.3 Å². The second-order valence-corrected chi connectivity index (χ2v) is 4.55. The monoisotopic (exact) mass is 250 g/mol. The molecular weight excluding hydrogens is 243 g/mol. The van der Waals surface area contributed by atoms with E-state index in [0.29, 0.717) is 15.8 Å². The number of thioether (sulfide) groups is 1. The molecular formula is C9H8Cl2O2S. The standard InChI is InChI=1S/C9H8Cl2O2S/c10-6-1-2-7(11)8(5-6)14-4-3-9(12)13/h1-2,5H,3-4H2,(H,12,13). The first-order valence-corrected chi connectivity index (χ1v) is 5.63. The molecule has 0 saturated heterocycles. The van der Waals surface area contributed by atoms with Gasteiger partial charge in [-0.3, -0.25) is 4.79 Å². The van der Waals surface area contributed by atoms with E-state index in [1.165, 1.54) is 11.8 Å². The van der Waals surface area contributed by atoms with Crippen molar-refractivity contribution in [2.24, 2.45) is 0 Å². The lowest BCUT2D eigenvalue weighted by Gasteiger charge is -2.02. The fourth-order valence-corrected chi connectivity index (χ4v) is 2.27. The van der Waals surface area contributed by atoms with Gasteiger partial charge in [0, 0.05) is 15.7 Å². The summed E-state index contributed by atoms with van der Waals surface area (Å²) in [4.78, 5) is 11.1. The number of aliphatic carboxylic acids is 1. The van der Waals surface area contributed by atoms with Crippen LogP contribution in [0.5, 0.6) is 0 Å². The molecule has 14 heavy (non-hydrogen) atoms. The van der Waals surface area contributed by atoms with Crippen LogP contribution in [-0.4, -0.2) is 16.8 Å². The third-order valence-corrected chi connectivity index (χ3v) is 3.20. The van der Waals surface area contributed by atoms with E-state index in [0.717, 1.165) is 4.90 Å². The zero-order valence-corrected chi connectivity index (χ0v) is 9.49. The Morgan fingerprint density at radius 1 is 1.43 bits per heavy atom. The number of rotatable bonds is 4. The number of halogens is 2. The van der Waals surface area contributed by atoms with Gasteiger partial charge in [0.2, 0.25) is 0 Å². The van der Waals surface area contributed by atoms with Crippen LogP contribution >= 0.6 is 35.0 Å². The first-order chi connectivity index (χ1) is 6.59. The van der Waals surface area contributed by atoms with Crippen molar-refractivity contribution in [3.63, 3.8) is 0 Å². The minimum absolute atomic E-state index is 0.119. The Labute approximate surface area is 96.2 Å². The van der Waals surface area contributed by atoms with Gasteiger partial charge >= 0.3 is 5.97 Å². The molecule has 0 saturated carbocycles. The molecule has 0 aliphatic carbocycles. The molecule has 0 unspecified atom stereocenters. The van der Waals surface area contributed by atoms with Gasteiger partial charge in [-0.05, 0) is 18.2 Å². The van der Waals surface area contributed by atoms with Crippen LogP contribution in [0.1, 0.15) is 6.42 Å². The molecule has 0 aliphatic heterocycles. The minimum Gasteiger partial charge on any atom is -0.481 e. The molecule has 0 atom stereocenters. The van der Waals surface area contributed by atoms with Gasteiger partial charge in [-0.15, -0.1) is 11.8 Å². The maximum Gasteiger partial charge on any atom is 0.304 e. The van der Waals surface area contributed by atoms with Crippen molar-refractivity contribution in [3.8, 4) is 0 Å². The fraction of sp³-hybridized carbons (Fsp3) is 0.222. The van der Waals surface area contributed by atoms with Crippen LogP contribution in [0, 0.1) is 0 Å². The predicted molar refractivity (Wildman–Crippen MR) is 59.4 cm³/mol. The van der Waals surface area contributed by atoms with Gasteiger partial charge in [-0.25, -0.2) is 0 Å². The van der Waals surface area contributed by atoms with E-state index < -0.39 is 5.97 Å². The molecule has 0 bridgehead atoms. The summed E-state index contributed by atoms with van der Waals surface area (Å²) in [6.45, 7) is 0. The van der Waals surface area contributed by atoms with Crippen LogP contribution < -0.4 is 0 Å². The molecule has 1 rings (SSSR count). The fourth-order valence-electron chi connectivity index (χ4n) is 0.836. The molecule has 0 amide bonds. The normalized spacial score (nSPS) is 10.1. The summed E-state index contributed by atoms with van der Waals surface area (Å²) >= 11 is 13.0. The van der Waals surface area contributed by atoms with Crippen LogP contribution in [0.2, 0.25) is 10.0 Å². The lowest BCUT2D eigenvalue weighted by Crippen LogP contribution is -1.95. The lowest BCUT2D eigenvalue weighted by atomic mass is 10.4. The molecule has 0 aromatic heterocycles. The van der Waals surface area contributed by atoms with Crippen molar-refractivity contribution in [3.05, 3.63) is 28.2 Å². The van der Waals surface area contributed by atoms with Crippen LogP contribution in [0.25, 0.3) is 0 Å². The zero-order valence-electron chi connectivity index (χ0n) is 7.17. The molecule has 1 aromatic carbocycles. The summed E-state index contributed by atoms with van der Waals surface area (Å²) in [5.41, 5.74) is 0. The van der Waals surface area contributed by atoms with Crippen LogP contribution in [0.15, 0.2) is 23.1 Å². The van der Waals surface area contributed by atoms with Gasteiger partial charge in [-0.1, -0.05) is 23.2 Å². The molecule has 0 aliphatic rings. The quantitative estimate of drug-likeness (QED) is 0.831. The average Bonchev–Trinajstić information content (AvgIpc) is 2.10. The molecule has 0 spiro atoms. The van der Waals surface area contributed by atoms with E-state index >= 15 is 0 Å². The van der Waals surface area contributed by atoms with Crippen molar-refractivity contribution in [1.29, 1.82) is 0 Å². The number of carbonyl (C=O) groups is 1. The van der Waals surface area contributed by atoms with Gasteiger partial charge in [0.05, 0.1) is 11.4 Å². The van der Waals surface area contributed by atoms with Crippen molar-refractivity contribution < 1.29 is 9.90 Å². The highest BCUT2D eigenvalue weighted by molar-refractivity contribution is 7.99. The molecule has 5 heteroatoms. The van der Waals surface area contributed by atoms with Crippen LogP contribution in [0.3, 0.4) is 0 Å². The van der Waals surface area contributed by atoms with E-state index in [9.17, 15) is 4.79 Å². The summed E-state index contributed by atoms with van der Waals surface area (Å²) < 4.78 is 0. The second-order valence-electron chi connectivity index (χ2n) is 2.57. The number of carboxylic acids is 1. The van der Waals surface area contributed by atoms with Gasteiger partial charge in [0.1, 0.15) is 0 Å². The number of hydrogen-bond acceptors (Lipinski definition) is 2. The Bertz CT molecular complexity index is 342. The lowest BCUT2D eigenvalue weighted by molar-refractivity contribution is -0.136. The molecule has 1 aromatic rings. The summed E-state index contributed by atoms with van der Waals surface area (Å²) in [6, 6.07) is 5.13. The minimum atomic E-state index is -0.810. The molecule has 2 nitrogen and oxygen atoms in total. The summed E-state index contributed by atoms with van der Waals surface area (Å²) in [5, 5.41) is 9.65. The zero-order chi connectivity index (χ0) is 10.6. The van der Waals surface area contributed by atoms with Gasteiger partial charge in [0.25, 0.3) is 0 Å². The molecule has 0 heterocycles. The van der Waals surface area contributed by atoms with E-state index in [-0.39, 0.29) is 6.42 Å². The van der Waals surface area contributed by atoms with Crippen LogP contribution in [-0.2, 0) is 4.79 Å². The third-order valence-electron chi connectivity index (χ3n) is 1.47. The van der Waals surface area contributed by atoms with Crippen molar-refractivity contribution in [1.82, 2.24) is 0 Å². The maximum atomic E-state index is 10.3. The maximum absolute atomic E-state index is 10.3. The highest BCUT2D eigenvalue weighted by Crippen LogP contribution is 2.30. The first kappa shape index (κ1) is 11.7. The van der Waals surface area contributed by atoms with Gasteiger partial charge in [0.15, 0.2) is 0 Å². The van der Waals surface area contributed by atoms with Gasteiger partial charge < -0.3 is 5.11 Å². The van der Waals surface area contributed by atoms with E-state index in [2.05, 4.69) is 0 Å². The smallest absolute Gasteiger partial charge is 0.304 e. The van der Waals surface area contributed by atoms with Crippen molar-refractivity contribution in [2.75, 3.05) is 5.75 Å². The molecule has 76 valence electrons. The molecule has 1 N–H and O–H groups in total. The van der Waals surface area contributed by atoms with E-state index in [4.69, 9.17) is 28.3 Å². The second kappa shape index (κ2) is 5.49. The summed E-state index contributed by atoms with van der Waals surface area (Å²) in [5.74, 6) is -0.314. The Balaban J connectivity index is 2.57. The molecule has 0 fully saturated rings. The number of carboxylic acid groups (broad SMARTS) is 1. The highest BCUT2D eigenvalue weighted by atomic mass is 35.5. The predicted octanol–water partition coefficient (Wildman–Crippen LogP) is 3.56. The first-order valence-electron chi connectivity index (χ1n) is 3.89. The largest absolute Gasteiger partial charge is 0.481 e. The van der Waals surface area contributed by atoms with E-state index in [1.807, 2.05) is 0 Å². The summed E-state index contributed by atoms with van der Waals surface area (Å²) in [7, 11) is 0. The van der Waals surface area contributed by atoms with Crippen molar-refractivity contribution >= 4 is 40.9 Å². The Kier molecular flexibility index (Phi) is 4.58.